The van der Waals surface area contributed by atoms with Crippen molar-refractivity contribution in [3.8, 4) is 0 Å². The van der Waals surface area contributed by atoms with E-state index >= 15 is 0 Å². The number of carbonyl (C=O) groups is 1. The van der Waals surface area contributed by atoms with E-state index in [1.54, 1.807) is 6.92 Å². The van der Waals surface area contributed by atoms with E-state index in [4.69, 9.17) is 5.11 Å². The number of carboxylic acids is 1. The van der Waals surface area contributed by atoms with Crippen molar-refractivity contribution in [1.29, 1.82) is 0 Å². The Hall–Kier alpha value is -1.81. The van der Waals surface area contributed by atoms with Crippen LogP contribution in [0.5, 0.6) is 0 Å². The first-order valence-electron chi connectivity index (χ1n) is 7.54. The van der Waals surface area contributed by atoms with Gasteiger partial charge in [0.1, 0.15) is 0 Å². The van der Waals surface area contributed by atoms with Crippen molar-refractivity contribution < 1.29 is 9.90 Å². The fraction of sp³-hybridized carbons (Fsp3) is 0.471. The number of hydrogen-bond donors (Lipinski definition) is 1. The lowest BCUT2D eigenvalue weighted by molar-refractivity contribution is -0.141. The van der Waals surface area contributed by atoms with Crippen LogP contribution in [0.1, 0.15) is 30.5 Å². The smallest absolute Gasteiger partial charge is 0.306 e. The van der Waals surface area contributed by atoms with Gasteiger partial charge in [0.25, 0.3) is 0 Å². The molecule has 0 saturated carbocycles. The van der Waals surface area contributed by atoms with Crippen LogP contribution in [0.4, 0.5) is 0 Å². The first-order chi connectivity index (χ1) is 9.99. The summed E-state index contributed by atoms with van der Waals surface area (Å²) in [5.41, 5.74) is 5.14. The zero-order chi connectivity index (χ0) is 15.1. The molecular formula is C17H22N2O2. The highest BCUT2D eigenvalue weighted by atomic mass is 16.4. The van der Waals surface area contributed by atoms with E-state index in [1.807, 2.05) is 7.05 Å². The molecule has 4 heteroatoms. The molecule has 0 fully saturated rings. The summed E-state index contributed by atoms with van der Waals surface area (Å²) in [6.07, 6.45) is 2.67. The maximum atomic E-state index is 11.1. The highest BCUT2D eigenvalue weighted by molar-refractivity contribution is 5.86. The van der Waals surface area contributed by atoms with E-state index in [-0.39, 0.29) is 5.92 Å². The first-order valence-corrected chi connectivity index (χ1v) is 7.54. The van der Waals surface area contributed by atoms with Crippen molar-refractivity contribution in [3.63, 3.8) is 0 Å². The summed E-state index contributed by atoms with van der Waals surface area (Å²) < 4.78 is 2.12. The molecule has 1 aromatic carbocycles. The minimum atomic E-state index is -0.731. The number of aliphatic carboxylic acids is 1. The lowest BCUT2D eigenvalue weighted by atomic mass is 9.99. The van der Waals surface area contributed by atoms with Gasteiger partial charge in [-0.1, -0.05) is 13.8 Å². The number of nitrogens with zero attached hydrogens (tertiary/aromatic N) is 2. The second kappa shape index (κ2) is 5.19. The molecule has 0 amide bonds. The number of benzene rings is 1. The van der Waals surface area contributed by atoms with Gasteiger partial charge in [-0.25, -0.2) is 0 Å². The second-order valence-electron chi connectivity index (χ2n) is 6.15. The van der Waals surface area contributed by atoms with Crippen LogP contribution in [0.15, 0.2) is 18.3 Å². The van der Waals surface area contributed by atoms with Gasteiger partial charge in [0.05, 0.1) is 5.92 Å². The first kappa shape index (κ1) is 14.1. The van der Waals surface area contributed by atoms with Gasteiger partial charge in [-0.2, -0.15) is 0 Å². The van der Waals surface area contributed by atoms with Gasteiger partial charge < -0.3 is 9.67 Å². The molecule has 1 aliphatic heterocycles. The van der Waals surface area contributed by atoms with E-state index in [2.05, 4.69) is 34.7 Å². The molecule has 1 N–H and O–H groups in total. The number of rotatable bonds is 4. The highest BCUT2D eigenvalue weighted by Gasteiger charge is 2.21. The summed E-state index contributed by atoms with van der Waals surface area (Å²) in [6.45, 7) is 7.05. The number of fused-ring (bicyclic) bond motifs is 2. The van der Waals surface area contributed by atoms with Gasteiger partial charge in [-0.15, -0.1) is 0 Å². The zero-order valence-corrected chi connectivity index (χ0v) is 12.9. The SMILES string of the molecule is CCN1Cc2cc3c(CC(C)C(=O)O)cn(C)c3cc2C1. The molecule has 112 valence electrons. The Morgan fingerprint density at radius 2 is 2.00 bits per heavy atom. The van der Waals surface area contributed by atoms with Gasteiger partial charge >= 0.3 is 5.97 Å². The Bertz CT molecular complexity index is 702. The molecule has 1 atom stereocenters. The lowest BCUT2D eigenvalue weighted by Crippen LogP contribution is -2.14. The van der Waals surface area contributed by atoms with Crippen molar-refractivity contribution in [1.82, 2.24) is 9.47 Å². The molecule has 2 heterocycles. The van der Waals surface area contributed by atoms with Crippen LogP contribution in [0.2, 0.25) is 0 Å². The van der Waals surface area contributed by atoms with Gasteiger partial charge in [0.15, 0.2) is 0 Å². The third kappa shape index (κ3) is 2.44. The standard InChI is InChI=1S/C17H22N2O2/c1-4-19-9-12-6-15-14(5-11(2)17(20)21)8-18(3)16(15)7-13(12)10-19/h6-8,11H,4-5,9-10H2,1-3H3,(H,20,21). The summed E-state index contributed by atoms with van der Waals surface area (Å²) in [5.74, 6) is -1.08. The molecule has 1 aliphatic rings. The second-order valence-corrected chi connectivity index (χ2v) is 6.15. The van der Waals surface area contributed by atoms with Crippen molar-refractivity contribution >= 4 is 16.9 Å². The largest absolute Gasteiger partial charge is 0.481 e. The highest BCUT2D eigenvalue weighted by Crippen LogP contribution is 2.31. The molecule has 21 heavy (non-hydrogen) atoms. The van der Waals surface area contributed by atoms with Crippen LogP contribution in [-0.2, 0) is 31.4 Å². The van der Waals surface area contributed by atoms with Crippen LogP contribution < -0.4 is 0 Å². The van der Waals surface area contributed by atoms with Gasteiger partial charge in [0.2, 0.25) is 0 Å². The average Bonchev–Trinajstić information content (AvgIpc) is 2.98. The van der Waals surface area contributed by atoms with Gasteiger partial charge in [-0.05, 0) is 41.8 Å². The molecule has 0 spiro atoms. The molecule has 0 radical (unpaired) electrons. The van der Waals surface area contributed by atoms with E-state index in [0.29, 0.717) is 6.42 Å². The van der Waals surface area contributed by atoms with E-state index < -0.39 is 5.97 Å². The third-order valence-corrected chi connectivity index (χ3v) is 4.58. The van der Waals surface area contributed by atoms with Crippen molar-refractivity contribution in [2.75, 3.05) is 6.54 Å². The van der Waals surface area contributed by atoms with E-state index in [1.165, 1.54) is 22.0 Å². The van der Waals surface area contributed by atoms with Crippen LogP contribution >= 0.6 is 0 Å². The predicted molar refractivity (Wildman–Crippen MR) is 83.2 cm³/mol. The van der Waals surface area contributed by atoms with Crippen molar-refractivity contribution in [3.05, 3.63) is 35.0 Å². The van der Waals surface area contributed by atoms with Crippen molar-refractivity contribution in [2.24, 2.45) is 13.0 Å². The minimum Gasteiger partial charge on any atom is -0.481 e. The Kier molecular flexibility index (Phi) is 3.49. The Morgan fingerprint density at radius 1 is 1.33 bits per heavy atom. The Balaban J connectivity index is 2.02. The Morgan fingerprint density at radius 3 is 2.62 bits per heavy atom. The van der Waals surface area contributed by atoms with Gasteiger partial charge in [-0.3, -0.25) is 9.69 Å². The molecule has 1 unspecified atom stereocenters. The topological polar surface area (TPSA) is 45.5 Å². The molecule has 3 rings (SSSR count). The van der Waals surface area contributed by atoms with E-state index in [9.17, 15) is 4.79 Å². The summed E-state index contributed by atoms with van der Waals surface area (Å²) >= 11 is 0. The number of aryl methyl sites for hydroxylation is 1. The predicted octanol–water partition coefficient (Wildman–Crippen LogP) is 2.78. The maximum Gasteiger partial charge on any atom is 0.306 e. The number of aromatic nitrogens is 1. The fourth-order valence-corrected chi connectivity index (χ4v) is 3.23. The molecular weight excluding hydrogens is 264 g/mol. The molecule has 0 saturated heterocycles. The monoisotopic (exact) mass is 286 g/mol. The number of hydrogen-bond acceptors (Lipinski definition) is 2. The summed E-state index contributed by atoms with van der Waals surface area (Å²) in [5, 5.41) is 10.3. The Labute approximate surface area is 125 Å². The fourth-order valence-electron chi connectivity index (χ4n) is 3.23. The van der Waals surface area contributed by atoms with Crippen molar-refractivity contribution in [2.45, 2.75) is 33.4 Å². The molecule has 1 aromatic heterocycles. The summed E-state index contributed by atoms with van der Waals surface area (Å²) in [6, 6.07) is 4.54. The molecule has 0 aliphatic carbocycles. The van der Waals surface area contributed by atoms with Crippen LogP contribution in [-0.4, -0.2) is 27.1 Å². The zero-order valence-electron chi connectivity index (χ0n) is 12.9. The third-order valence-electron chi connectivity index (χ3n) is 4.58. The van der Waals surface area contributed by atoms with Crippen LogP contribution in [0, 0.1) is 5.92 Å². The quantitative estimate of drug-likeness (QED) is 0.940. The van der Waals surface area contributed by atoms with Crippen LogP contribution in [0.25, 0.3) is 10.9 Å². The van der Waals surface area contributed by atoms with Gasteiger partial charge in [0, 0.05) is 37.2 Å². The maximum absolute atomic E-state index is 11.1. The molecule has 4 nitrogen and oxygen atoms in total. The average molecular weight is 286 g/mol. The number of carboxylic acid groups (broad SMARTS) is 1. The summed E-state index contributed by atoms with van der Waals surface area (Å²) in [4.78, 5) is 13.5. The summed E-state index contributed by atoms with van der Waals surface area (Å²) in [7, 11) is 2.04. The normalized spacial score (nSPS) is 16.3. The molecule has 0 bridgehead atoms. The lowest BCUT2D eigenvalue weighted by Gasteiger charge is -2.09. The van der Waals surface area contributed by atoms with E-state index in [0.717, 1.165) is 25.2 Å². The minimum absolute atomic E-state index is 0.351. The van der Waals surface area contributed by atoms with Crippen LogP contribution in [0.3, 0.4) is 0 Å². The molecule has 2 aromatic rings.